The number of alkyl halides is 1. The Morgan fingerprint density at radius 2 is 2.25 bits per heavy atom. The molecule has 2 aromatic rings. The number of hydrogen-bond donors (Lipinski definition) is 0. The van der Waals surface area contributed by atoms with E-state index in [1.165, 1.54) is 0 Å². The van der Waals surface area contributed by atoms with Crippen LogP contribution in [0.5, 0.6) is 0 Å². The van der Waals surface area contributed by atoms with Crippen molar-refractivity contribution in [2.75, 3.05) is 0 Å². The molecule has 1 atom stereocenters. The quantitative estimate of drug-likeness (QED) is 0.769. The van der Waals surface area contributed by atoms with Gasteiger partial charge in [-0.2, -0.15) is 0 Å². The molecule has 84 valence electrons. The molecule has 0 aliphatic rings. The number of aryl methyl sites for hydroxylation is 1. The summed E-state index contributed by atoms with van der Waals surface area (Å²) in [7, 11) is 0. The third-order valence-corrected chi connectivity index (χ3v) is 2.46. The summed E-state index contributed by atoms with van der Waals surface area (Å²) in [5, 5.41) is 7.88. The molecule has 0 fully saturated rings. The largest absolute Gasteiger partial charge is 0.256 e. The van der Waals surface area contributed by atoms with Crippen LogP contribution in [0.4, 0.5) is 0 Å². The van der Waals surface area contributed by atoms with Crippen LogP contribution in [0.15, 0.2) is 24.4 Å². The maximum atomic E-state index is 5.91. The molecule has 0 saturated carbocycles. The highest BCUT2D eigenvalue weighted by Gasteiger charge is 2.07. The van der Waals surface area contributed by atoms with Crippen molar-refractivity contribution < 1.29 is 0 Å². The average molecular weight is 237 g/mol. The second kappa shape index (κ2) is 4.61. The summed E-state index contributed by atoms with van der Waals surface area (Å²) in [5.74, 6) is 0. The van der Waals surface area contributed by atoms with E-state index in [1.54, 1.807) is 4.68 Å². The van der Waals surface area contributed by atoms with Crippen molar-refractivity contribution >= 4 is 11.6 Å². The van der Waals surface area contributed by atoms with Gasteiger partial charge in [0.1, 0.15) is 5.69 Å². The zero-order valence-electron chi connectivity index (χ0n) is 9.26. The molecule has 4 nitrogen and oxygen atoms in total. The lowest BCUT2D eigenvalue weighted by atomic mass is 10.3. The minimum Gasteiger partial charge on any atom is -0.256 e. The van der Waals surface area contributed by atoms with E-state index in [9.17, 15) is 0 Å². The molecule has 5 heteroatoms. The fourth-order valence-corrected chi connectivity index (χ4v) is 1.53. The number of aromatic nitrogens is 4. The standard InChI is InChI=1S/C11H13ClN4/c1-8-4-3-5-10(13-8)6-16-7-11(9(2)12)14-15-16/h3-5,7,9H,6H2,1-2H3. The second-order valence-corrected chi connectivity index (χ2v) is 4.38. The summed E-state index contributed by atoms with van der Waals surface area (Å²) in [6.07, 6.45) is 1.85. The first kappa shape index (κ1) is 11.1. The third-order valence-electron chi connectivity index (χ3n) is 2.23. The molecule has 0 saturated heterocycles. The van der Waals surface area contributed by atoms with Crippen LogP contribution in [0.25, 0.3) is 0 Å². The maximum absolute atomic E-state index is 5.91. The molecule has 1 unspecified atom stereocenters. The van der Waals surface area contributed by atoms with Crippen LogP contribution in [0.1, 0.15) is 29.4 Å². The number of rotatable bonds is 3. The van der Waals surface area contributed by atoms with E-state index in [-0.39, 0.29) is 5.38 Å². The van der Waals surface area contributed by atoms with Crippen LogP contribution in [0.3, 0.4) is 0 Å². The van der Waals surface area contributed by atoms with Gasteiger partial charge in [0, 0.05) is 5.69 Å². The van der Waals surface area contributed by atoms with Gasteiger partial charge in [0.05, 0.1) is 23.8 Å². The lowest BCUT2D eigenvalue weighted by Crippen LogP contribution is -2.03. The first-order chi connectivity index (χ1) is 7.65. The summed E-state index contributed by atoms with van der Waals surface area (Å²) in [6, 6.07) is 5.93. The summed E-state index contributed by atoms with van der Waals surface area (Å²) in [4.78, 5) is 4.40. The van der Waals surface area contributed by atoms with E-state index in [4.69, 9.17) is 11.6 Å². The third kappa shape index (κ3) is 2.58. The van der Waals surface area contributed by atoms with Gasteiger partial charge >= 0.3 is 0 Å². The molecule has 0 aliphatic carbocycles. The Hall–Kier alpha value is -1.42. The Morgan fingerprint density at radius 3 is 2.88 bits per heavy atom. The molecular formula is C11H13ClN4. The van der Waals surface area contributed by atoms with Gasteiger partial charge < -0.3 is 0 Å². The Labute approximate surface area is 99.3 Å². The number of pyridine rings is 1. The van der Waals surface area contributed by atoms with E-state index < -0.39 is 0 Å². The maximum Gasteiger partial charge on any atom is 0.100 e. The zero-order valence-corrected chi connectivity index (χ0v) is 10.0. The van der Waals surface area contributed by atoms with Gasteiger partial charge in [-0.05, 0) is 26.0 Å². The predicted octanol–water partition coefficient (Wildman–Crippen LogP) is 2.33. The van der Waals surface area contributed by atoms with E-state index in [0.717, 1.165) is 17.1 Å². The molecule has 0 aliphatic heterocycles. The monoisotopic (exact) mass is 236 g/mol. The molecule has 2 aromatic heterocycles. The van der Waals surface area contributed by atoms with Crippen LogP contribution in [-0.2, 0) is 6.54 Å². The number of halogens is 1. The van der Waals surface area contributed by atoms with Gasteiger partial charge in [0.2, 0.25) is 0 Å². The second-order valence-electron chi connectivity index (χ2n) is 3.73. The van der Waals surface area contributed by atoms with Gasteiger partial charge in [-0.1, -0.05) is 11.3 Å². The van der Waals surface area contributed by atoms with Gasteiger partial charge in [-0.15, -0.1) is 16.7 Å². The normalized spacial score (nSPS) is 12.7. The minimum atomic E-state index is -0.112. The Morgan fingerprint density at radius 1 is 1.44 bits per heavy atom. The first-order valence-corrected chi connectivity index (χ1v) is 5.55. The van der Waals surface area contributed by atoms with Crippen molar-refractivity contribution in [2.24, 2.45) is 0 Å². The Balaban J connectivity index is 2.14. The van der Waals surface area contributed by atoms with Gasteiger partial charge in [0.15, 0.2) is 0 Å². The molecule has 0 spiro atoms. The summed E-state index contributed by atoms with van der Waals surface area (Å²) in [6.45, 7) is 4.47. The molecule has 16 heavy (non-hydrogen) atoms. The predicted molar refractivity (Wildman–Crippen MR) is 62.4 cm³/mol. The minimum absolute atomic E-state index is 0.112. The lowest BCUT2D eigenvalue weighted by Gasteiger charge is -2.00. The first-order valence-electron chi connectivity index (χ1n) is 5.12. The van der Waals surface area contributed by atoms with Crippen molar-refractivity contribution in [2.45, 2.75) is 25.8 Å². The number of hydrogen-bond acceptors (Lipinski definition) is 3. The number of nitrogens with zero attached hydrogens (tertiary/aromatic N) is 4. The zero-order chi connectivity index (χ0) is 11.5. The van der Waals surface area contributed by atoms with Crippen molar-refractivity contribution in [1.82, 2.24) is 20.0 Å². The van der Waals surface area contributed by atoms with E-state index >= 15 is 0 Å². The van der Waals surface area contributed by atoms with Gasteiger partial charge in [-0.25, -0.2) is 4.68 Å². The fourth-order valence-electron chi connectivity index (χ4n) is 1.43. The molecule has 0 N–H and O–H groups in total. The molecule has 0 amide bonds. The summed E-state index contributed by atoms with van der Waals surface area (Å²) in [5.41, 5.74) is 2.76. The fraction of sp³-hybridized carbons (Fsp3) is 0.364. The van der Waals surface area contributed by atoms with E-state index in [2.05, 4.69) is 15.3 Å². The molecule has 2 rings (SSSR count). The highest BCUT2D eigenvalue weighted by Crippen LogP contribution is 2.15. The smallest absolute Gasteiger partial charge is 0.100 e. The van der Waals surface area contributed by atoms with Crippen LogP contribution in [0, 0.1) is 6.92 Å². The molecule has 2 heterocycles. The topological polar surface area (TPSA) is 43.6 Å². The van der Waals surface area contributed by atoms with Crippen molar-refractivity contribution in [3.63, 3.8) is 0 Å². The Kier molecular flexibility index (Phi) is 3.19. The van der Waals surface area contributed by atoms with Crippen LogP contribution in [-0.4, -0.2) is 20.0 Å². The SMILES string of the molecule is Cc1cccc(Cn2cc(C(C)Cl)nn2)n1. The Bertz CT molecular complexity index is 478. The molecular weight excluding hydrogens is 224 g/mol. The van der Waals surface area contributed by atoms with Crippen molar-refractivity contribution in [3.8, 4) is 0 Å². The van der Waals surface area contributed by atoms with Gasteiger partial charge in [-0.3, -0.25) is 4.98 Å². The average Bonchev–Trinajstić information content (AvgIpc) is 2.66. The molecule has 0 bridgehead atoms. The van der Waals surface area contributed by atoms with Gasteiger partial charge in [0.25, 0.3) is 0 Å². The summed E-state index contributed by atoms with van der Waals surface area (Å²) >= 11 is 5.91. The van der Waals surface area contributed by atoms with E-state index in [0.29, 0.717) is 6.54 Å². The van der Waals surface area contributed by atoms with Crippen LogP contribution >= 0.6 is 11.6 Å². The summed E-state index contributed by atoms with van der Waals surface area (Å²) < 4.78 is 1.75. The molecule has 0 radical (unpaired) electrons. The lowest BCUT2D eigenvalue weighted by molar-refractivity contribution is 0.637. The highest BCUT2D eigenvalue weighted by molar-refractivity contribution is 6.20. The van der Waals surface area contributed by atoms with Crippen molar-refractivity contribution in [3.05, 3.63) is 41.5 Å². The molecule has 0 aromatic carbocycles. The highest BCUT2D eigenvalue weighted by atomic mass is 35.5. The van der Waals surface area contributed by atoms with Crippen molar-refractivity contribution in [1.29, 1.82) is 0 Å². The van der Waals surface area contributed by atoms with E-state index in [1.807, 2.05) is 38.2 Å². The van der Waals surface area contributed by atoms with Crippen LogP contribution < -0.4 is 0 Å². The van der Waals surface area contributed by atoms with Crippen LogP contribution in [0.2, 0.25) is 0 Å².